The zero-order valence-electron chi connectivity index (χ0n) is 13.8. The molecule has 0 bridgehead atoms. The van der Waals surface area contributed by atoms with Crippen molar-refractivity contribution in [3.8, 4) is 0 Å². The Labute approximate surface area is 132 Å². The van der Waals surface area contributed by atoms with Crippen LogP contribution < -0.4 is 10.2 Å². The maximum absolute atomic E-state index is 11.8. The molecule has 2 N–H and O–H groups in total. The summed E-state index contributed by atoms with van der Waals surface area (Å²) in [6.45, 7) is 9.04. The molecule has 1 aliphatic rings. The van der Waals surface area contributed by atoms with Crippen LogP contribution in [0.5, 0.6) is 0 Å². The minimum Gasteiger partial charge on any atom is -0.391 e. The predicted octanol–water partition coefficient (Wildman–Crippen LogP) is 1.20. The highest BCUT2D eigenvalue weighted by atomic mass is 16.3. The number of amides is 1. The number of carbonyl (C=O) groups excluding carboxylic acids is 1. The molecule has 122 valence electrons. The number of aliphatic hydroxyl groups is 1. The van der Waals surface area contributed by atoms with Gasteiger partial charge in [0.1, 0.15) is 0 Å². The minimum absolute atomic E-state index is 0.0137. The van der Waals surface area contributed by atoms with Gasteiger partial charge in [0.15, 0.2) is 0 Å². The van der Waals surface area contributed by atoms with Gasteiger partial charge in [0.05, 0.1) is 12.1 Å². The third kappa shape index (κ3) is 4.16. The van der Waals surface area contributed by atoms with E-state index in [1.54, 1.807) is 0 Å². The Morgan fingerprint density at radius 2 is 1.86 bits per heavy atom. The summed E-state index contributed by atoms with van der Waals surface area (Å²) >= 11 is 0. The fourth-order valence-corrected chi connectivity index (χ4v) is 2.65. The van der Waals surface area contributed by atoms with Crippen LogP contribution in [0.4, 0.5) is 5.95 Å². The Morgan fingerprint density at radius 1 is 1.27 bits per heavy atom. The number of nitrogens with zero attached hydrogens (tertiary/aromatic N) is 3. The first kappa shape index (κ1) is 16.7. The molecule has 2 rings (SSSR count). The molecule has 6 nitrogen and oxygen atoms in total. The van der Waals surface area contributed by atoms with E-state index in [9.17, 15) is 9.90 Å². The molecule has 1 aliphatic heterocycles. The second-order valence-electron chi connectivity index (χ2n) is 6.35. The van der Waals surface area contributed by atoms with E-state index in [0.29, 0.717) is 25.3 Å². The lowest BCUT2D eigenvalue weighted by Gasteiger charge is -2.22. The van der Waals surface area contributed by atoms with E-state index in [0.717, 1.165) is 17.9 Å². The quantitative estimate of drug-likeness (QED) is 0.877. The molecular formula is C16H26N4O2. The third-order valence-electron chi connectivity index (χ3n) is 3.97. The standard InChI is InChI=1S/C16H26N4O2/c1-10(2)15(22)19-13-5-7-20(8-6-14(13)21)16-17-11(3)9-12(4)18-16/h9-10,13-14,21H,5-8H2,1-4H3,(H,19,22)/t13-,14-/m0/s1. The van der Waals surface area contributed by atoms with Gasteiger partial charge < -0.3 is 15.3 Å². The van der Waals surface area contributed by atoms with Gasteiger partial charge in [-0.3, -0.25) is 4.79 Å². The smallest absolute Gasteiger partial charge is 0.225 e. The fourth-order valence-electron chi connectivity index (χ4n) is 2.65. The Kier molecular flexibility index (Phi) is 5.34. The molecule has 1 aromatic heterocycles. The van der Waals surface area contributed by atoms with Crippen molar-refractivity contribution in [3.05, 3.63) is 17.5 Å². The zero-order chi connectivity index (χ0) is 16.3. The average molecular weight is 306 g/mol. The molecule has 6 heteroatoms. The van der Waals surface area contributed by atoms with Crippen molar-refractivity contribution in [3.63, 3.8) is 0 Å². The minimum atomic E-state index is -0.529. The monoisotopic (exact) mass is 306 g/mol. The molecule has 1 fully saturated rings. The highest BCUT2D eigenvalue weighted by Gasteiger charge is 2.27. The van der Waals surface area contributed by atoms with Crippen molar-refractivity contribution in [2.24, 2.45) is 5.92 Å². The van der Waals surface area contributed by atoms with Crippen LogP contribution in [0.3, 0.4) is 0 Å². The first-order valence-corrected chi connectivity index (χ1v) is 7.92. The largest absolute Gasteiger partial charge is 0.391 e. The summed E-state index contributed by atoms with van der Waals surface area (Å²) in [7, 11) is 0. The van der Waals surface area contributed by atoms with Crippen molar-refractivity contribution in [2.75, 3.05) is 18.0 Å². The van der Waals surface area contributed by atoms with Gasteiger partial charge in [-0.15, -0.1) is 0 Å². The molecule has 1 aromatic rings. The number of aromatic nitrogens is 2. The number of rotatable bonds is 3. The van der Waals surface area contributed by atoms with Crippen LogP contribution in [-0.2, 0) is 4.79 Å². The summed E-state index contributed by atoms with van der Waals surface area (Å²) < 4.78 is 0. The van der Waals surface area contributed by atoms with Crippen LogP contribution in [0.15, 0.2) is 6.07 Å². The first-order chi connectivity index (χ1) is 10.4. The van der Waals surface area contributed by atoms with E-state index in [-0.39, 0.29) is 17.9 Å². The first-order valence-electron chi connectivity index (χ1n) is 7.92. The van der Waals surface area contributed by atoms with Crippen LogP contribution in [0.1, 0.15) is 38.1 Å². The molecule has 0 aliphatic carbocycles. The van der Waals surface area contributed by atoms with Crippen LogP contribution in [0, 0.1) is 19.8 Å². The number of hydrogen-bond acceptors (Lipinski definition) is 5. The van der Waals surface area contributed by atoms with Crippen molar-refractivity contribution in [1.82, 2.24) is 15.3 Å². The Hall–Kier alpha value is -1.69. The van der Waals surface area contributed by atoms with E-state index >= 15 is 0 Å². The van der Waals surface area contributed by atoms with Gasteiger partial charge in [-0.05, 0) is 32.8 Å². The Balaban J connectivity index is 2.06. The SMILES string of the molecule is Cc1cc(C)nc(N2CC[C@H](NC(=O)C(C)C)[C@@H](O)CC2)n1. The topological polar surface area (TPSA) is 78.4 Å². The van der Waals surface area contributed by atoms with Crippen LogP contribution in [0.25, 0.3) is 0 Å². The molecule has 0 spiro atoms. The normalized spacial score (nSPS) is 22.5. The molecule has 0 radical (unpaired) electrons. The van der Waals surface area contributed by atoms with E-state index in [4.69, 9.17) is 0 Å². The van der Waals surface area contributed by atoms with Crippen molar-refractivity contribution in [1.29, 1.82) is 0 Å². The lowest BCUT2D eigenvalue weighted by Crippen LogP contribution is -2.44. The molecule has 2 heterocycles. The van der Waals surface area contributed by atoms with Crippen LogP contribution >= 0.6 is 0 Å². The molecular weight excluding hydrogens is 280 g/mol. The number of aliphatic hydroxyl groups excluding tert-OH is 1. The highest BCUT2D eigenvalue weighted by Crippen LogP contribution is 2.18. The number of anilines is 1. The summed E-state index contributed by atoms with van der Waals surface area (Å²) in [6.07, 6.45) is 0.758. The maximum atomic E-state index is 11.8. The summed E-state index contributed by atoms with van der Waals surface area (Å²) in [6, 6.07) is 1.74. The second-order valence-corrected chi connectivity index (χ2v) is 6.35. The number of hydrogen-bond donors (Lipinski definition) is 2. The fraction of sp³-hybridized carbons (Fsp3) is 0.688. The van der Waals surface area contributed by atoms with Gasteiger partial charge in [-0.2, -0.15) is 0 Å². The van der Waals surface area contributed by atoms with Crippen molar-refractivity contribution < 1.29 is 9.90 Å². The van der Waals surface area contributed by atoms with Crippen molar-refractivity contribution in [2.45, 2.75) is 52.7 Å². The number of carbonyl (C=O) groups is 1. The van der Waals surface area contributed by atoms with Gasteiger partial charge >= 0.3 is 0 Å². The van der Waals surface area contributed by atoms with E-state index in [2.05, 4.69) is 20.2 Å². The Morgan fingerprint density at radius 3 is 2.45 bits per heavy atom. The van der Waals surface area contributed by atoms with Crippen LogP contribution in [0.2, 0.25) is 0 Å². The molecule has 1 amide bonds. The van der Waals surface area contributed by atoms with Crippen molar-refractivity contribution >= 4 is 11.9 Å². The maximum Gasteiger partial charge on any atom is 0.225 e. The summed E-state index contributed by atoms with van der Waals surface area (Å²) in [4.78, 5) is 22.9. The van der Waals surface area contributed by atoms with Gasteiger partial charge in [-0.1, -0.05) is 13.8 Å². The summed E-state index contributed by atoms with van der Waals surface area (Å²) in [5.74, 6) is 0.620. The zero-order valence-corrected chi connectivity index (χ0v) is 13.8. The number of nitrogens with one attached hydrogen (secondary N) is 1. The second kappa shape index (κ2) is 7.05. The number of aryl methyl sites for hydroxylation is 2. The average Bonchev–Trinajstić information content (AvgIpc) is 2.60. The summed E-state index contributed by atoms with van der Waals surface area (Å²) in [5, 5.41) is 13.2. The van der Waals surface area contributed by atoms with Crippen LogP contribution in [-0.4, -0.2) is 46.2 Å². The third-order valence-corrected chi connectivity index (χ3v) is 3.97. The van der Waals surface area contributed by atoms with Gasteiger partial charge in [0, 0.05) is 30.4 Å². The van der Waals surface area contributed by atoms with Gasteiger partial charge in [0.25, 0.3) is 0 Å². The van der Waals surface area contributed by atoms with E-state index < -0.39 is 6.10 Å². The van der Waals surface area contributed by atoms with Gasteiger partial charge in [0.2, 0.25) is 11.9 Å². The lowest BCUT2D eigenvalue weighted by molar-refractivity contribution is -0.125. The highest BCUT2D eigenvalue weighted by molar-refractivity contribution is 5.78. The molecule has 22 heavy (non-hydrogen) atoms. The van der Waals surface area contributed by atoms with E-state index in [1.165, 1.54) is 0 Å². The lowest BCUT2D eigenvalue weighted by atomic mass is 10.1. The molecule has 0 unspecified atom stereocenters. The van der Waals surface area contributed by atoms with E-state index in [1.807, 2.05) is 33.8 Å². The molecule has 1 saturated heterocycles. The Bertz CT molecular complexity index is 513. The molecule has 0 saturated carbocycles. The molecule has 0 aromatic carbocycles. The van der Waals surface area contributed by atoms with Gasteiger partial charge in [-0.25, -0.2) is 9.97 Å². The summed E-state index contributed by atoms with van der Waals surface area (Å²) in [5.41, 5.74) is 1.88. The molecule has 2 atom stereocenters. The predicted molar refractivity (Wildman–Crippen MR) is 85.7 cm³/mol.